The van der Waals surface area contributed by atoms with Crippen molar-refractivity contribution in [3.63, 3.8) is 0 Å². The largest absolute Gasteiger partial charge is 0.312 e. The first-order valence-electron chi connectivity index (χ1n) is 8.04. The average molecular weight is 375 g/mol. The fraction of sp³-hybridized carbons (Fsp3) is 0.235. The minimum absolute atomic E-state index is 0.0652. The van der Waals surface area contributed by atoms with E-state index in [4.69, 9.17) is 0 Å². The van der Waals surface area contributed by atoms with Crippen molar-refractivity contribution in [1.29, 1.82) is 0 Å². The molecule has 1 fully saturated rings. The van der Waals surface area contributed by atoms with Crippen LogP contribution in [-0.2, 0) is 14.8 Å². The fourth-order valence-electron chi connectivity index (χ4n) is 2.75. The van der Waals surface area contributed by atoms with Crippen molar-refractivity contribution in [3.8, 4) is 0 Å². The molecule has 0 spiro atoms. The molecule has 1 amide bonds. The van der Waals surface area contributed by atoms with Gasteiger partial charge in [0.25, 0.3) is 15.7 Å². The predicted molar refractivity (Wildman–Crippen MR) is 96.6 cm³/mol. The molecule has 0 aliphatic carbocycles. The number of amides is 1. The van der Waals surface area contributed by atoms with Crippen molar-refractivity contribution in [2.75, 3.05) is 16.2 Å². The Hall–Kier alpha value is -2.94. The highest BCUT2D eigenvalue weighted by Gasteiger charge is 2.20. The number of sulfonamides is 1. The molecule has 0 atom stereocenters. The number of piperidine rings is 1. The number of non-ortho nitro benzene ring substituents is 1. The van der Waals surface area contributed by atoms with Crippen molar-refractivity contribution in [2.24, 2.45) is 0 Å². The first-order chi connectivity index (χ1) is 12.4. The van der Waals surface area contributed by atoms with Gasteiger partial charge in [0.05, 0.1) is 9.82 Å². The van der Waals surface area contributed by atoms with Crippen molar-refractivity contribution >= 4 is 33.0 Å². The lowest BCUT2D eigenvalue weighted by Crippen LogP contribution is -2.35. The Kier molecular flexibility index (Phi) is 4.90. The van der Waals surface area contributed by atoms with Gasteiger partial charge in [0.2, 0.25) is 5.91 Å². The summed E-state index contributed by atoms with van der Waals surface area (Å²) < 4.78 is 27.2. The van der Waals surface area contributed by atoms with Crippen molar-refractivity contribution in [3.05, 3.63) is 58.6 Å². The molecule has 1 aliphatic heterocycles. The van der Waals surface area contributed by atoms with Crippen molar-refractivity contribution in [2.45, 2.75) is 24.2 Å². The van der Waals surface area contributed by atoms with Crippen LogP contribution in [0, 0.1) is 10.1 Å². The van der Waals surface area contributed by atoms with Crippen LogP contribution in [0.3, 0.4) is 0 Å². The molecule has 0 bridgehead atoms. The molecule has 0 aromatic heterocycles. The Morgan fingerprint density at radius 3 is 2.23 bits per heavy atom. The zero-order valence-electron chi connectivity index (χ0n) is 13.8. The standard InChI is InChI=1S/C17H17N3O5S/c21-17-3-1-2-12-19(17)14-6-4-13(5-7-14)18-26(24,25)16-10-8-15(9-11-16)20(22)23/h4-11,18H,1-3,12H2. The Morgan fingerprint density at radius 2 is 1.65 bits per heavy atom. The third-order valence-corrected chi connectivity index (χ3v) is 5.51. The summed E-state index contributed by atoms with van der Waals surface area (Å²) in [4.78, 5) is 23.6. The molecule has 1 aliphatic rings. The van der Waals surface area contributed by atoms with Crippen LogP contribution < -0.4 is 9.62 Å². The lowest BCUT2D eigenvalue weighted by atomic mass is 10.1. The number of rotatable bonds is 5. The van der Waals surface area contributed by atoms with Crippen LogP contribution in [0.4, 0.5) is 17.1 Å². The van der Waals surface area contributed by atoms with Crippen molar-refractivity contribution < 1.29 is 18.1 Å². The van der Waals surface area contributed by atoms with Gasteiger partial charge in [0.1, 0.15) is 0 Å². The number of nitrogens with zero attached hydrogens (tertiary/aromatic N) is 2. The second-order valence-corrected chi connectivity index (χ2v) is 7.59. The molecule has 9 heteroatoms. The van der Waals surface area contributed by atoms with E-state index in [-0.39, 0.29) is 16.5 Å². The summed E-state index contributed by atoms with van der Waals surface area (Å²) in [6.07, 6.45) is 2.36. The minimum Gasteiger partial charge on any atom is -0.312 e. The number of nitro benzene ring substituents is 1. The lowest BCUT2D eigenvalue weighted by Gasteiger charge is -2.26. The Bertz CT molecular complexity index is 924. The number of carbonyl (C=O) groups excluding carboxylic acids is 1. The highest BCUT2D eigenvalue weighted by molar-refractivity contribution is 7.92. The van der Waals surface area contributed by atoms with E-state index < -0.39 is 14.9 Å². The Balaban J connectivity index is 1.75. The summed E-state index contributed by atoms with van der Waals surface area (Å²) in [5.41, 5.74) is 0.893. The molecule has 2 aromatic rings. The van der Waals surface area contributed by atoms with Gasteiger partial charge >= 0.3 is 0 Å². The molecule has 1 N–H and O–H groups in total. The summed E-state index contributed by atoms with van der Waals surface area (Å²) in [5, 5.41) is 10.7. The molecule has 3 rings (SSSR count). The second-order valence-electron chi connectivity index (χ2n) is 5.91. The highest BCUT2D eigenvalue weighted by atomic mass is 32.2. The van der Waals surface area contributed by atoms with Crippen LogP contribution in [0.25, 0.3) is 0 Å². The number of nitrogens with one attached hydrogen (secondary N) is 1. The Labute approximate surface area is 150 Å². The Morgan fingerprint density at radius 1 is 1.00 bits per heavy atom. The summed E-state index contributed by atoms with van der Waals surface area (Å²) in [6, 6.07) is 11.2. The van der Waals surface area contributed by atoms with Gasteiger partial charge in [-0.15, -0.1) is 0 Å². The van der Waals surface area contributed by atoms with E-state index in [2.05, 4.69) is 4.72 Å². The smallest absolute Gasteiger partial charge is 0.269 e. The zero-order chi connectivity index (χ0) is 18.7. The molecule has 1 heterocycles. The molecule has 0 radical (unpaired) electrons. The monoisotopic (exact) mass is 375 g/mol. The maximum absolute atomic E-state index is 12.4. The number of hydrogen-bond acceptors (Lipinski definition) is 5. The first-order valence-corrected chi connectivity index (χ1v) is 9.53. The molecule has 2 aromatic carbocycles. The van der Waals surface area contributed by atoms with Crippen LogP contribution in [0.15, 0.2) is 53.4 Å². The normalized spacial score (nSPS) is 14.9. The number of carbonyl (C=O) groups is 1. The predicted octanol–water partition coefficient (Wildman–Crippen LogP) is 2.91. The van der Waals surface area contributed by atoms with Crippen LogP contribution >= 0.6 is 0 Å². The lowest BCUT2D eigenvalue weighted by molar-refractivity contribution is -0.384. The topological polar surface area (TPSA) is 110 Å². The summed E-state index contributed by atoms with van der Waals surface area (Å²) >= 11 is 0. The fourth-order valence-corrected chi connectivity index (χ4v) is 3.81. The quantitative estimate of drug-likeness (QED) is 0.638. The molecular formula is C17H17N3O5S. The average Bonchev–Trinajstić information content (AvgIpc) is 2.63. The van der Waals surface area contributed by atoms with Crippen LogP contribution in [0.5, 0.6) is 0 Å². The first kappa shape index (κ1) is 17.9. The number of anilines is 2. The van der Waals surface area contributed by atoms with Gasteiger partial charge in [-0.3, -0.25) is 19.6 Å². The van der Waals surface area contributed by atoms with Crippen LogP contribution in [-0.4, -0.2) is 25.8 Å². The molecule has 0 saturated carbocycles. The van der Waals surface area contributed by atoms with E-state index in [1.165, 1.54) is 12.1 Å². The molecule has 8 nitrogen and oxygen atoms in total. The number of benzene rings is 2. The summed E-state index contributed by atoms with van der Waals surface area (Å²) in [5.74, 6) is 0.0652. The van der Waals surface area contributed by atoms with Gasteiger partial charge in [0.15, 0.2) is 0 Å². The zero-order valence-corrected chi connectivity index (χ0v) is 14.6. The highest BCUT2D eigenvalue weighted by Crippen LogP contribution is 2.24. The molecule has 0 unspecified atom stereocenters. The van der Waals surface area contributed by atoms with E-state index in [0.717, 1.165) is 30.7 Å². The second kappa shape index (κ2) is 7.12. The van der Waals surface area contributed by atoms with E-state index in [1.54, 1.807) is 29.2 Å². The van der Waals surface area contributed by atoms with Gasteiger partial charge in [-0.1, -0.05) is 0 Å². The third-order valence-electron chi connectivity index (χ3n) is 4.11. The van der Waals surface area contributed by atoms with E-state index in [0.29, 0.717) is 18.7 Å². The van der Waals surface area contributed by atoms with Gasteiger partial charge in [-0.05, 0) is 49.2 Å². The molecule has 136 valence electrons. The third kappa shape index (κ3) is 3.83. The van der Waals surface area contributed by atoms with Gasteiger partial charge < -0.3 is 4.90 Å². The van der Waals surface area contributed by atoms with E-state index in [9.17, 15) is 23.3 Å². The number of hydrogen-bond donors (Lipinski definition) is 1. The maximum atomic E-state index is 12.4. The van der Waals surface area contributed by atoms with E-state index >= 15 is 0 Å². The summed E-state index contributed by atoms with van der Waals surface area (Å²) in [7, 11) is -3.86. The molecular weight excluding hydrogens is 358 g/mol. The summed E-state index contributed by atoms with van der Waals surface area (Å²) in [6.45, 7) is 0.659. The van der Waals surface area contributed by atoms with Gasteiger partial charge in [0, 0.05) is 36.5 Å². The number of nitro groups is 1. The van der Waals surface area contributed by atoms with Gasteiger partial charge in [-0.25, -0.2) is 8.42 Å². The van der Waals surface area contributed by atoms with Crippen molar-refractivity contribution in [1.82, 2.24) is 0 Å². The minimum atomic E-state index is -3.86. The molecule has 1 saturated heterocycles. The molecule has 26 heavy (non-hydrogen) atoms. The van der Waals surface area contributed by atoms with E-state index in [1.807, 2.05) is 0 Å². The maximum Gasteiger partial charge on any atom is 0.269 e. The van der Waals surface area contributed by atoms with Crippen LogP contribution in [0.1, 0.15) is 19.3 Å². The van der Waals surface area contributed by atoms with Gasteiger partial charge in [-0.2, -0.15) is 0 Å². The SMILES string of the molecule is O=C1CCCCN1c1ccc(NS(=O)(=O)c2ccc([N+](=O)[O-])cc2)cc1. The van der Waals surface area contributed by atoms with Crippen LogP contribution in [0.2, 0.25) is 0 Å².